The minimum absolute atomic E-state index is 0.188. The third kappa shape index (κ3) is 4.02. The number of nitrogens with zero attached hydrogens (tertiary/aromatic N) is 2. The van der Waals surface area contributed by atoms with E-state index in [1.165, 1.54) is 5.56 Å². The first kappa shape index (κ1) is 15.4. The summed E-state index contributed by atoms with van der Waals surface area (Å²) in [6.07, 6.45) is 1.10. The Hall–Kier alpha value is -1.94. The number of hydrogen-bond donors (Lipinski definition) is 1. The standard InChI is InChI=1S/C17H23N3O/c1-5-17(2,3)13-6-9-15(10-7-13)21-16-11-8-14(12-18-4)19-20-16/h6-11,18H,5,12H2,1-4H3. The van der Waals surface area contributed by atoms with Crippen molar-refractivity contribution in [3.63, 3.8) is 0 Å². The average molecular weight is 285 g/mol. The van der Waals surface area contributed by atoms with Gasteiger partial charge in [-0.25, -0.2) is 0 Å². The van der Waals surface area contributed by atoms with Crippen LogP contribution in [0.25, 0.3) is 0 Å². The topological polar surface area (TPSA) is 47.0 Å². The molecule has 1 heterocycles. The van der Waals surface area contributed by atoms with Gasteiger partial charge in [0.05, 0.1) is 5.69 Å². The number of rotatable bonds is 6. The van der Waals surface area contributed by atoms with Crippen LogP contribution in [0.3, 0.4) is 0 Å². The fourth-order valence-corrected chi connectivity index (χ4v) is 1.98. The molecule has 1 aromatic heterocycles. The first-order chi connectivity index (χ1) is 10.0. The molecule has 0 aliphatic heterocycles. The van der Waals surface area contributed by atoms with Crippen LogP contribution in [-0.2, 0) is 12.0 Å². The van der Waals surface area contributed by atoms with Gasteiger partial charge in [0.2, 0.25) is 5.88 Å². The molecule has 1 aromatic carbocycles. The van der Waals surface area contributed by atoms with Crippen molar-refractivity contribution in [1.82, 2.24) is 15.5 Å². The van der Waals surface area contributed by atoms with Gasteiger partial charge in [-0.3, -0.25) is 0 Å². The second-order valence-electron chi connectivity index (χ2n) is 5.76. The van der Waals surface area contributed by atoms with E-state index in [0.29, 0.717) is 12.4 Å². The molecule has 0 aliphatic rings. The Morgan fingerprint density at radius 2 is 1.76 bits per heavy atom. The van der Waals surface area contributed by atoms with E-state index < -0.39 is 0 Å². The summed E-state index contributed by atoms with van der Waals surface area (Å²) in [5.41, 5.74) is 2.39. The van der Waals surface area contributed by atoms with Crippen LogP contribution in [0.4, 0.5) is 0 Å². The van der Waals surface area contributed by atoms with E-state index >= 15 is 0 Å². The quantitative estimate of drug-likeness (QED) is 0.879. The Morgan fingerprint density at radius 1 is 1.05 bits per heavy atom. The fourth-order valence-electron chi connectivity index (χ4n) is 1.98. The normalized spacial score (nSPS) is 11.4. The van der Waals surface area contributed by atoms with Crippen LogP contribution >= 0.6 is 0 Å². The van der Waals surface area contributed by atoms with Crippen LogP contribution in [-0.4, -0.2) is 17.2 Å². The van der Waals surface area contributed by atoms with Gasteiger partial charge in [0.25, 0.3) is 0 Å². The van der Waals surface area contributed by atoms with Crippen molar-refractivity contribution in [2.75, 3.05) is 7.05 Å². The van der Waals surface area contributed by atoms with E-state index in [-0.39, 0.29) is 5.41 Å². The molecule has 0 radical (unpaired) electrons. The van der Waals surface area contributed by atoms with Crippen LogP contribution < -0.4 is 10.1 Å². The molecule has 1 N–H and O–H groups in total. The van der Waals surface area contributed by atoms with Crippen molar-refractivity contribution < 1.29 is 4.74 Å². The molecule has 0 unspecified atom stereocenters. The fraction of sp³-hybridized carbons (Fsp3) is 0.412. The molecule has 21 heavy (non-hydrogen) atoms. The Balaban J connectivity index is 2.06. The molecule has 0 aliphatic carbocycles. The van der Waals surface area contributed by atoms with Gasteiger partial charge in [0.15, 0.2) is 0 Å². The molecule has 4 heteroatoms. The molecule has 0 fully saturated rings. The predicted octanol–water partition coefficient (Wildman–Crippen LogP) is 3.68. The molecule has 112 valence electrons. The number of aromatic nitrogens is 2. The van der Waals surface area contributed by atoms with Gasteiger partial charge in [-0.15, -0.1) is 5.10 Å². The highest BCUT2D eigenvalue weighted by Gasteiger charge is 2.17. The van der Waals surface area contributed by atoms with E-state index in [4.69, 9.17) is 4.74 Å². The van der Waals surface area contributed by atoms with E-state index in [1.807, 2.05) is 31.3 Å². The van der Waals surface area contributed by atoms with E-state index in [0.717, 1.165) is 17.9 Å². The summed E-state index contributed by atoms with van der Waals surface area (Å²) in [6, 6.07) is 11.9. The number of ether oxygens (including phenoxy) is 1. The summed E-state index contributed by atoms with van der Waals surface area (Å²) < 4.78 is 5.72. The lowest BCUT2D eigenvalue weighted by Gasteiger charge is -2.23. The van der Waals surface area contributed by atoms with Crippen LogP contribution in [0.15, 0.2) is 36.4 Å². The lowest BCUT2D eigenvalue weighted by atomic mass is 9.82. The summed E-state index contributed by atoms with van der Waals surface area (Å²) >= 11 is 0. The maximum atomic E-state index is 5.72. The van der Waals surface area contributed by atoms with Crippen LogP contribution in [0, 0.1) is 0 Å². The lowest BCUT2D eigenvalue weighted by Crippen LogP contribution is -2.14. The molecule has 0 spiro atoms. The highest BCUT2D eigenvalue weighted by molar-refractivity contribution is 5.33. The van der Waals surface area contributed by atoms with Crippen molar-refractivity contribution >= 4 is 0 Å². The van der Waals surface area contributed by atoms with E-state index in [9.17, 15) is 0 Å². The largest absolute Gasteiger partial charge is 0.438 e. The van der Waals surface area contributed by atoms with Crippen LogP contribution in [0.2, 0.25) is 0 Å². The summed E-state index contributed by atoms with van der Waals surface area (Å²) in [7, 11) is 1.88. The Kier molecular flexibility index (Phi) is 4.91. The van der Waals surface area contributed by atoms with Crippen molar-refractivity contribution in [3.05, 3.63) is 47.7 Å². The summed E-state index contributed by atoms with van der Waals surface area (Å²) in [5.74, 6) is 1.29. The van der Waals surface area contributed by atoms with Gasteiger partial charge in [-0.1, -0.05) is 32.9 Å². The molecule has 0 bridgehead atoms. The molecule has 0 amide bonds. The van der Waals surface area contributed by atoms with Gasteiger partial charge >= 0.3 is 0 Å². The third-order valence-electron chi connectivity index (χ3n) is 3.80. The van der Waals surface area contributed by atoms with Crippen molar-refractivity contribution in [2.24, 2.45) is 0 Å². The second kappa shape index (κ2) is 6.68. The van der Waals surface area contributed by atoms with E-state index in [2.05, 4.69) is 48.4 Å². The SMILES string of the molecule is CCC(C)(C)c1ccc(Oc2ccc(CNC)nn2)cc1. The molecular formula is C17H23N3O. The molecule has 0 saturated carbocycles. The Bertz CT molecular complexity index is 562. The molecular weight excluding hydrogens is 262 g/mol. The second-order valence-corrected chi connectivity index (χ2v) is 5.76. The molecule has 0 atom stereocenters. The van der Waals surface area contributed by atoms with Gasteiger partial charge in [0, 0.05) is 12.6 Å². The number of nitrogens with one attached hydrogen (secondary N) is 1. The highest BCUT2D eigenvalue weighted by Crippen LogP contribution is 2.29. The molecule has 2 rings (SSSR count). The van der Waals surface area contributed by atoms with Crippen LogP contribution in [0.5, 0.6) is 11.6 Å². The highest BCUT2D eigenvalue weighted by atomic mass is 16.5. The van der Waals surface area contributed by atoms with Crippen molar-refractivity contribution in [1.29, 1.82) is 0 Å². The number of hydrogen-bond acceptors (Lipinski definition) is 4. The smallest absolute Gasteiger partial charge is 0.238 e. The maximum Gasteiger partial charge on any atom is 0.238 e. The molecule has 2 aromatic rings. The van der Waals surface area contributed by atoms with Crippen molar-refractivity contribution in [2.45, 2.75) is 39.2 Å². The predicted molar refractivity (Wildman–Crippen MR) is 84.6 cm³/mol. The minimum atomic E-state index is 0.188. The zero-order chi connectivity index (χ0) is 15.3. The van der Waals surface area contributed by atoms with Gasteiger partial charge in [0.1, 0.15) is 5.75 Å². The lowest BCUT2D eigenvalue weighted by molar-refractivity contribution is 0.451. The van der Waals surface area contributed by atoms with Gasteiger partial charge < -0.3 is 10.1 Å². The Morgan fingerprint density at radius 3 is 2.29 bits per heavy atom. The summed E-state index contributed by atoms with van der Waals surface area (Å²) in [6.45, 7) is 7.39. The van der Waals surface area contributed by atoms with Gasteiger partial charge in [-0.05, 0) is 42.6 Å². The zero-order valence-electron chi connectivity index (χ0n) is 13.2. The van der Waals surface area contributed by atoms with Crippen molar-refractivity contribution in [3.8, 4) is 11.6 Å². The molecule has 4 nitrogen and oxygen atoms in total. The maximum absolute atomic E-state index is 5.72. The summed E-state index contributed by atoms with van der Waals surface area (Å²) in [4.78, 5) is 0. The average Bonchev–Trinajstić information content (AvgIpc) is 2.50. The zero-order valence-corrected chi connectivity index (χ0v) is 13.2. The minimum Gasteiger partial charge on any atom is -0.438 e. The summed E-state index contributed by atoms with van der Waals surface area (Å²) in [5, 5.41) is 11.2. The van der Waals surface area contributed by atoms with E-state index in [1.54, 1.807) is 0 Å². The first-order valence-corrected chi connectivity index (χ1v) is 7.31. The third-order valence-corrected chi connectivity index (χ3v) is 3.80. The monoisotopic (exact) mass is 285 g/mol. The van der Waals surface area contributed by atoms with Gasteiger partial charge in [-0.2, -0.15) is 5.10 Å². The molecule has 0 saturated heterocycles. The first-order valence-electron chi connectivity index (χ1n) is 7.31. The number of benzene rings is 1. The van der Waals surface area contributed by atoms with Crippen LogP contribution in [0.1, 0.15) is 38.4 Å². The Labute approximate surface area is 126 Å².